The van der Waals surface area contributed by atoms with Crippen LogP contribution in [-0.4, -0.2) is 6.54 Å². The first-order valence-corrected chi connectivity index (χ1v) is 4.71. The highest BCUT2D eigenvalue weighted by atomic mass is 19.1. The van der Waals surface area contributed by atoms with Crippen LogP contribution in [0.5, 0.6) is 0 Å². The Bertz CT molecular complexity index is 342. The van der Waals surface area contributed by atoms with Gasteiger partial charge in [0.1, 0.15) is 5.82 Å². The fourth-order valence-electron chi connectivity index (χ4n) is 1.13. The fraction of sp³-hybridized carbons (Fsp3) is 0.364. The molecule has 1 aromatic rings. The summed E-state index contributed by atoms with van der Waals surface area (Å²) in [5, 5.41) is 11.5. The van der Waals surface area contributed by atoms with E-state index in [9.17, 15) is 4.39 Å². The molecular formula is C11H13FN2. The number of hydrogen-bond donors (Lipinski definition) is 1. The molecule has 0 radical (unpaired) electrons. The smallest absolute Gasteiger partial charge is 0.147 e. The molecule has 1 aromatic carbocycles. The lowest BCUT2D eigenvalue weighted by Crippen LogP contribution is -2.02. The highest BCUT2D eigenvalue weighted by Crippen LogP contribution is 2.15. The molecule has 0 fully saturated rings. The number of anilines is 1. The van der Waals surface area contributed by atoms with Gasteiger partial charge < -0.3 is 5.32 Å². The number of unbranched alkanes of at least 4 members (excludes halogenated alkanes) is 1. The van der Waals surface area contributed by atoms with Crippen LogP contribution < -0.4 is 5.32 Å². The SMILES string of the molecule is CCCCNc1ccc(C#N)cc1F. The average Bonchev–Trinajstić information content (AvgIpc) is 2.20. The van der Waals surface area contributed by atoms with Gasteiger partial charge in [-0.15, -0.1) is 0 Å². The molecule has 0 spiro atoms. The maximum atomic E-state index is 13.3. The molecule has 0 aliphatic heterocycles. The van der Waals surface area contributed by atoms with Gasteiger partial charge in [0.2, 0.25) is 0 Å². The molecule has 0 aliphatic rings. The predicted octanol–water partition coefficient (Wildman–Crippen LogP) is 2.91. The summed E-state index contributed by atoms with van der Waals surface area (Å²) in [6, 6.07) is 6.35. The molecule has 0 saturated heterocycles. The lowest BCUT2D eigenvalue weighted by Gasteiger charge is -2.06. The average molecular weight is 192 g/mol. The second-order valence-corrected chi connectivity index (χ2v) is 3.09. The minimum absolute atomic E-state index is 0.351. The van der Waals surface area contributed by atoms with E-state index in [4.69, 9.17) is 5.26 Å². The van der Waals surface area contributed by atoms with Crippen molar-refractivity contribution in [2.45, 2.75) is 19.8 Å². The third-order valence-electron chi connectivity index (χ3n) is 1.94. The first kappa shape index (κ1) is 10.5. The molecule has 14 heavy (non-hydrogen) atoms. The van der Waals surface area contributed by atoms with Crippen LogP contribution in [0, 0.1) is 17.1 Å². The normalized spacial score (nSPS) is 9.50. The third-order valence-corrected chi connectivity index (χ3v) is 1.94. The number of benzene rings is 1. The first-order chi connectivity index (χ1) is 6.77. The standard InChI is InChI=1S/C11H13FN2/c1-2-3-6-14-11-5-4-9(8-13)7-10(11)12/h4-5,7,14H,2-3,6H2,1H3. The van der Waals surface area contributed by atoms with E-state index in [1.54, 1.807) is 12.1 Å². The van der Waals surface area contributed by atoms with Gasteiger partial charge in [0.15, 0.2) is 0 Å². The van der Waals surface area contributed by atoms with E-state index < -0.39 is 0 Å². The van der Waals surface area contributed by atoms with Crippen molar-refractivity contribution in [1.29, 1.82) is 5.26 Å². The van der Waals surface area contributed by atoms with E-state index in [0.29, 0.717) is 11.3 Å². The van der Waals surface area contributed by atoms with E-state index in [1.165, 1.54) is 6.07 Å². The summed E-state index contributed by atoms with van der Waals surface area (Å²) in [5.74, 6) is -0.361. The van der Waals surface area contributed by atoms with Crippen molar-refractivity contribution in [1.82, 2.24) is 0 Å². The molecule has 0 saturated carbocycles. The van der Waals surface area contributed by atoms with Crippen LogP contribution in [0.4, 0.5) is 10.1 Å². The second-order valence-electron chi connectivity index (χ2n) is 3.09. The van der Waals surface area contributed by atoms with Crippen LogP contribution >= 0.6 is 0 Å². The zero-order valence-electron chi connectivity index (χ0n) is 8.18. The second kappa shape index (κ2) is 5.23. The number of nitrogens with one attached hydrogen (secondary N) is 1. The Morgan fingerprint density at radius 3 is 2.86 bits per heavy atom. The van der Waals surface area contributed by atoms with Crippen molar-refractivity contribution in [3.8, 4) is 6.07 Å². The van der Waals surface area contributed by atoms with Crippen molar-refractivity contribution in [2.24, 2.45) is 0 Å². The fourth-order valence-corrected chi connectivity index (χ4v) is 1.13. The summed E-state index contributed by atoms with van der Waals surface area (Å²) < 4.78 is 13.3. The molecule has 0 aliphatic carbocycles. The Morgan fingerprint density at radius 2 is 2.29 bits per heavy atom. The van der Waals surface area contributed by atoms with Crippen molar-refractivity contribution in [3.63, 3.8) is 0 Å². The van der Waals surface area contributed by atoms with E-state index in [0.717, 1.165) is 19.4 Å². The van der Waals surface area contributed by atoms with Gasteiger partial charge in [-0.25, -0.2) is 4.39 Å². The van der Waals surface area contributed by atoms with E-state index >= 15 is 0 Å². The predicted molar refractivity (Wildman–Crippen MR) is 54.5 cm³/mol. The van der Waals surface area contributed by atoms with Gasteiger partial charge >= 0.3 is 0 Å². The van der Waals surface area contributed by atoms with Gasteiger partial charge in [-0.2, -0.15) is 5.26 Å². The lowest BCUT2D eigenvalue weighted by molar-refractivity contribution is 0.629. The van der Waals surface area contributed by atoms with Crippen molar-refractivity contribution in [3.05, 3.63) is 29.6 Å². The maximum Gasteiger partial charge on any atom is 0.147 e. The maximum absolute atomic E-state index is 13.3. The summed E-state index contributed by atoms with van der Waals surface area (Å²) in [6.45, 7) is 2.84. The van der Waals surface area contributed by atoms with E-state index in [-0.39, 0.29) is 5.82 Å². The summed E-state index contributed by atoms with van der Waals surface area (Å²) >= 11 is 0. The molecule has 0 bridgehead atoms. The Morgan fingerprint density at radius 1 is 1.50 bits per heavy atom. The van der Waals surface area contributed by atoms with Gasteiger partial charge in [0.25, 0.3) is 0 Å². The topological polar surface area (TPSA) is 35.8 Å². The molecule has 0 aromatic heterocycles. The number of hydrogen-bond acceptors (Lipinski definition) is 2. The zero-order valence-corrected chi connectivity index (χ0v) is 8.18. The highest BCUT2D eigenvalue weighted by Gasteiger charge is 2.01. The molecule has 0 atom stereocenters. The Hall–Kier alpha value is -1.56. The Kier molecular flexibility index (Phi) is 3.93. The zero-order chi connectivity index (χ0) is 10.4. The monoisotopic (exact) mass is 192 g/mol. The number of rotatable bonds is 4. The minimum Gasteiger partial charge on any atom is -0.383 e. The van der Waals surface area contributed by atoms with Crippen molar-refractivity contribution >= 4 is 5.69 Å². The van der Waals surface area contributed by atoms with Gasteiger partial charge in [-0.05, 0) is 24.6 Å². The molecule has 1 rings (SSSR count). The number of nitrogens with zero attached hydrogens (tertiary/aromatic N) is 1. The minimum atomic E-state index is -0.361. The summed E-state index contributed by atoms with van der Waals surface area (Å²) in [5.41, 5.74) is 0.820. The van der Waals surface area contributed by atoms with Gasteiger partial charge in [-0.3, -0.25) is 0 Å². The first-order valence-electron chi connectivity index (χ1n) is 4.71. The van der Waals surface area contributed by atoms with Crippen LogP contribution in [-0.2, 0) is 0 Å². The van der Waals surface area contributed by atoms with Gasteiger partial charge in [-0.1, -0.05) is 13.3 Å². The molecular weight excluding hydrogens is 179 g/mol. The third kappa shape index (κ3) is 2.74. The lowest BCUT2D eigenvalue weighted by atomic mass is 10.2. The van der Waals surface area contributed by atoms with Crippen LogP contribution in [0.15, 0.2) is 18.2 Å². The highest BCUT2D eigenvalue weighted by molar-refractivity contribution is 5.48. The molecule has 1 N–H and O–H groups in total. The van der Waals surface area contributed by atoms with Crippen molar-refractivity contribution < 1.29 is 4.39 Å². The molecule has 2 nitrogen and oxygen atoms in total. The summed E-state index contributed by atoms with van der Waals surface area (Å²) in [7, 11) is 0. The number of halogens is 1. The van der Waals surface area contributed by atoms with Crippen LogP contribution in [0.2, 0.25) is 0 Å². The number of nitriles is 1. The molecule has 0 unspecified atom stereocenters. The van der Waals surface area contributed by atoms with Crippen LogP contribution in [0.1, 0.15) is 25.3 Å². The van der Waals surface area contributed by atoms with Gasteiger partial charge in [0.05, 0.1) is 17.3 Å². The Balaban J connectivity index is 2.65. The summed E-state index contributed by atoms with van der Waals surface area (Å²) in [4.78, 5) is 0. The summed E-state index contributed by atoms with van der Waals surface area (Å²) in [6.07, 6.45) is 2.09. The van der Waals surface area contributed by atoms with Gasteiger partial charge in [0, 0.05) is 6.54 Å². The Labute approximate surface area is 83.4 Å². The largest absolute Gasteiger partial charge is 0.383 e. The van der Waals surface area contributed by atoms with E-state index in [2.05, 4.69) is 12.2 Å². The van der Waals surface area contributed by atoms with Crippen LogP contribution in [0.25, 0.3) is 0 Å². The van der Waals surface area contributed by atoms with Crippen molar-refractivity contribution in [2.75, 3.05) is 11.9 Å². The molecule has 0 amide bonds. The quantitative estimate of drug-likeness (QED) is 0.744. The van der Waals surface area contributed by atoms with Crippen LogP contribution in [0.3, 0.4) is 0 Å². The molecule has 3 heteroatoms. The molecule has 0 heterocycles. The van der Waals surface area contributed by atoms with E-state index in [1.807, 2.05) is 6.07 Å². The molecule has 74 valence electrons.